The lowest BCUT2D eigenvalue weighted by atomic mass is 9.76. The number of imide groups is 1. The van der Waals surface area contributed by atoms with E-state index in [4.69, 9.17) is 0 Å². The number of rotatable bonds is 4. The first kappa shape index (κ1) is 19.8. The van der Waals surface area contributed by atoms with Gasteiger partial charge in [-0.15, -0.1) is 0 Å². The average Bonchev–Trinajstić information content (AvgIpc) is 3.33. The Hall–Kier alpha value is -3.10. The third-order valence-electron chi connectivity index (χ3n) is 6.69. The molecule has 5 rings (SSSR count). The molecule has 0 aromatic heterocycles. The maximum absolute atomic E-state index is 14.1. The van der Waals surface area contributed by atoms with Crippen molar-refractivity contribution in [1.29, 1.82) is 0 Å². The molecule has 7 nitrogen and oxygen atoms in total. The summed E-state index contributed by atoms with van der Waals surface area (Å²) in [5.74, 6) is -3.93. The minimum absolute atomic E-state index is 0.176. The molecular formula is C23H22FN3O4. The predicted octanol–water partition coefficient (Wildman–Crippen LogP) is 1.17. The van der Waals surface area contributed by atoms with Gasteiger partial charge in [0, 0.05) is 23.8 Å². The minimum Gasteiger partial charge on any atom is -0.392 e. The van der Waals surface area contributed by atoms with Crippen molar-refractivity contribution in [3.63, 3.8) is 0 Å². The van der Waals surface area contributed by atoms with Gasteiger partial charge in [-0.05, 0) is 37.1 Å². The summed E-state index contributed by atoms with van der Waals surface area (Å²) in [6.45, 7) is 1.69. The van der Waals surface area contributed by atoms with Gasteiger partial charge in [-0.25, -0.2) is 4.39 Å². The molecule has 0 aliphatic carbocycles. The lowest BCUT2D eigenvalue weighted by Crippen LogP contribution is -2.55. The van der Waals surface area contributed by atoms with Crippen LogP contribution in [-0.2, 0) is 26.3 Å². The Morgan fingerprint density at radius 2 is 1.87 bits per heavy atom. The molecule has 1 spiro atoms. The number of hydrogen-bond donors (Lipinski definition) is 3. The van der Waals surface area contributed by atoms with Crippen LogP contribution in [0.1, 0.15) is 18.1 Å². The molecule has 2 aromatic carbocycles. The number of hydrogen-bond acceptors (Lipinski definition) is 5. The Balaban J connectivity index is 1.55. The largest absolute Gasteiger partial charge is 0.392 e. The Labute approximate surface area is 178 Å². The van der Waals surface area contributed by atoms with E-state index in [2.05, 4.69) is 10.6 Å². The minimum atomic E-state index is -1.60. The summed E-state index contributed by atoms with van der Waals surface area (Å²) in [6, 6.07) is 12.5. The van der Waals surface area contributed by atoms with E-state index in [-0.39, 0.29) is 6.54 Å². The van der Waals surface area contributed by atoms with E-state index in [0.717, 1.165) is 5.56 Å². The van der Waals surface area contributed by atoms with E-state index >= 15 is 0 Å². The van der Waals surface area contributed by atoms with Crippen LogP contribution in [0.2, 0.25) is 0 Å². The van der Waals surface area contributed by atoms with Gasteiger partial charge in [0.25, 0.3) is 0 Å². The highest BCUT2D eigenvalue weighted by molar-refractivity contribution is 6.15. The highest BCUT2D eigenvalue weighted by Crippen LogP contribution is 2.53. The first-order valence-corrected chi connectivity index (χ1v) is 10.3. The van der Waals surface area contributed by atoms with Gasteiger partial charge in [0.15, 0.2) is 0 Å². The van der Waals surface area contributed by atoms with Crippen molar-refractivity contribution in [2.45, 2.75) is 31.0 Å². The van der Waals surface area contributed by atoms with Crippen molar-refractivity contribution in [2.75, 3.05) is 11.9 Å². The number of nitrogens with one attached hydrogen (secondary N) is 2. The van der Waals surface area contributed by atoms with Crippen LogP contribution in [0.5, 0.6) is 0 Å². The molecule has 5 unspecified atom stereocenters. The van der Waals surface area contributed by atoms with E-state index in [0.29, 0.717) is 17.7 Å². The second kappa shape index (κ2) is 6.96. The first-order valence-electron chi connectivity index (χ1n) is 10.3. The van der Waals surface area contributed by atoms with Crippen LogP contribution in [0.3, 0.4) is 0 Å². The number of nitrogens with zero attached hydrogens (tertiary/aromatic N) is 1. The predicted molar refractivity (Wildman–Crippen MR) is 109 cm³/mol. The molecule has 3 amide bonds. The van der Waals surface area contributed by atoms with Crippen molar-refractivity contribution in [3.8, 4) is 0 Å². The molecule has 2 aromatic rings. The lowest BCUT2D eigenvalue weighted by Gasteiger charge is -2.30. The molecule has 3 N–H and O–H groups in total. The van der Waals surface area contributed by atoms with Gasteiger partial charge in [-0.1, -0.05) is 30.3 Å². The zero-order valence-electron chi connectivity index (χ0n) is 16.8. The maximum atomic E-state index is 14.1. The number of anilines is 1. The summed E-state index contributed by atoms with van der Waals surface area (Å²) in [5.41, 5.74) is 0.0672. The Morgan fingerprint density at radius 3 is 2.58 bits per heavy atom. The SMILES string of the molecule is CC(O)C1NC2(C(=O)Nc3ccc(F)cc32)C2C(=O)N(CCc3ccccc3)C(=O)C12. The summed E-state index contributed by atoms with van der Waals surface area (Å²) in [5, 5.41) is 16.1. The van der Waals surface area contributed by atoms with Crippen molar-refractivity contribution in [3.05, 3.63) is 65.5 Å². The second-order valence-electron chi connectivity index (χ2n) is 8.43. The number of likely N-dealkylation sites (tertiary alicyclic amines) is 1. The number of halogens is 1. The Morgan fingerprint density at radius 1 is 1.13 bits per heavy atom. The second-order valence-corrected chi connectivity index (χ2v) is 8.43. The number of fused-ring (bicyclic) bond motifs is 4. The molecule has 31 heavy (non-hydrogen) atoms. The van der Waals surface area contributed by atoms with Crippen LogP contribution in [0, 0.1) is 17.7 Å². The fourth-order valence-corrected chi connectivity index (χ4v) is 5.28. The topological polar surface area (TPSA) is 98.7 Å². The van der Waals surface area contributed by atoms with Gasteiger partial charge >= 0.3 is 0 Å². The van der Waals surface area contributed by atoms with Crippen LogP contribution < -0.4 is 10.6 Å². The van der Waals surface area contributed by atoms with Gasteiger partial charge < -0.3 is 10.4 Å². The zero-order chi connectivity index (χ0) is 21.9. The summed E-state index contributed by atoms with van der Waals surface area (Å²) < 4.78 is 14.1. The summed E-state index contributed by atoms with van der Waals surface area (Å²) in [7, 11) is 0. The maximum Gasteiger partial charge on any atom is 0.250 e. The van der Waals surface area contributed by atoms with Crippen molar-refractivity contribution in [2.24, 2.45) is 11.8 Å². The third kappa shape index (κ3) is 2.75. The van der Waals surface area contributed by atoms with Crippen LogP contribution in [0.4, 0.5) is 10.1 Å². The summed E-state index contributed by atoms with van der Waals surface area (Å²) >= 11 is 0. The first-order chi connectivity index (χ1) is 14.8. The number of aliphatic hydroxyl groups excluding tert-OH is 1. The smallest absolute Gasteiger partial charge is 0.250 e. The quantitative estimate of drug-likeness (QED) is 0.642. The summed E-state index contributed by atoms with van der Waals surface area (Å²) in [6.07, 6.45) is -0.516. The molecule has 5 atom stereocenters. The van der Waals surface area contributed by atoms with E-state index in [1.165, 1.54) is 30.0 Å². The molecule has 3 heterocycles. The number of amides is 3. The van der Waals surface area contributed by atoms with Crippen molar-refractivity contribution < 1.29 is 23.9 Å². The Kier molecular flexibility index (Phi) is 4.46. The van der Waals surface area contributed by atoms with Crippen LogP contribution >= 0.6 is 0 Å². The molecule has 3 aliphatic heterocycles. The molecule has 2 saturated heterocycles. The van der Waals surface area contributed by atoms with Gasteiger partial charge in [-0.3, -0.25) is 24.6 Å². The van der Waals surface area contributed by atoms with Crippen LogP contribution in [-0.4, -0.2) is 46.4 Å². The fourth-order valence-electron chi connectivity index (χ4n) is 5.28. The molecule has 3 aliphatic rings. The van der Waals surface area contributed by atoms with Crippen LogP contribution in [0.25, 0.3) is 0 Å². The molecule has 8 heteroatoms. The van der Waals surface area contributed by atoms with Gasteiger partial charge in [0.2, 0.25) is 17.7 Å². The van der Waals surface area contributed by atoms with Crippen LogP contribution in [0.15, 0.2) is 48.5 Å². The monoisotopic (exact) mass is 423 g/mol. The number of carbonyl (C=O) groups is 3. The molecular weight excluding hydrogens is 401 g/mol. The number of benzene rings is 2. The van der Waals surface area contributed by atoms with E-state index < -0.39 is 53.1 Å². The van der Waals surface area contributed by atoms with Gasteiger partial charge in [0.05, 0.1) is 17.9 Å². The molecule has 2 fully saturated rings. The molecule has 0 radical (unpaired) electrons. The highest BCUT2D eigenvalue weighted by Gasteiger charge is 2.71. The number of carbonyl (C=O) groups excluding carboxylic acids is 3. The molecule has 0 bridgehead atoms. The van der Waals surface area contributed by atoms with Crippen molar-refractivity contribution >= 4 is 23.4 Å². The van der Waals surface area contributed by atoms with E-state index in [9.17, 15) is 23.9 Å². The average molecular weight is 423 g/mol. The van der Waals surface area contributed by atoms with Gasteiger partial charge in [0.1, 0.15) is 11.4 Å². The fraction of sp³-hybridized carbons (Fsp3) is 0.348. The standard InChI is InChI=1S/C23H22FN3O4/c1-12(28)19-17-18(21(30)27(20(17)29)10-9-13-5-3-2-4-6-13)23(26-19)15-11-14(24)7-8-16(15)25-22(23)31/h2-8,11-12,17-19,26,28H,9-10H2,1H3,(H,25,31). The highest BCUT2D eigenvalue weighted by atomic mass is 19.1. The molecule has 160 valence electrons. The lowest BCUT2D eigenvalue weighted by molar-refractivity contribution is -0.143. The third-order valence-corrected chi connectivity index (χ3v) is 6.69. The number of aliphatic hydroxyl groups is 1. The van der Waals surface area contributed by atoms with E-state index in [1.54, 1.807) is 0 Å². The Bertz CT molecular complexity index is 1090. The molecule has 0 saturated carbocycles. The van der Waals surface area contributed by atoms with Gasteiger partial charge in [-0.2, -0.15) is 0 Å². The normalized spacial score (nSPS) is 30.0. The van der Waals surface area contributed by atoms with Crippen molar-refractivity contribution in [1.82, 2.24) is 10.2 Å². The zero-order valence-corrected chi connectivity index (χ0v) is 16.8. The van der Waals surface area contributed by atoms with E-state index in [1.807, 2.05) is 30.3 Å². The summed E-state index contributed by atoms with van der Waals surface area (Å²) in [4.78, 5) is 41.1.